The molecule has 2 aromatic carbocycles. The van der Waals surface area contributed by atoms with Gasteiger partial charge in [0.15, 0.2) is 0 Å². The molecule has 0 saturated carbocycles. The number of amides is 1. The lowest BCUT2D eigenvalue weighted by Crippen LogP contribution is -2.12. The molecule has 1 heterocycles. The van der Waals surface area contributed by atoms with Crippen molar-refractivity contribution in [3.8, 4) is 5.75 Å². The van der Waals surface area contributed by atoms with Crippen LogP contribution in [0.1, 0.15) is 31.9 Å². The fourth-order valence-electron chi connectivity index (χ4n) is 2.64. The van der Waals surface area contributed by atoms with Gasteiger partial charge in [-0.2, -0.15) is 0 Å². The quantitative estimate of drug-likeness (QED) is 0.571. The minimum absolute atomic E-state index is 0.104. The Kier molecular flexibility index (Phi) is 5.64. The zero-order valence-electron chi connectivity index (χ0n) is 14.9. The number of hydrogen-bond donors (Lipinski definition) is 1. The maximum Gasteiger partial charge on any atom is 0.265 e. The van der Waals surface area contributed by atoms with Crippen molar-refractivity contribution in [1.82, 2.24) is 0 Å². The van der Waals surface area contributed by atoms with Gasteiger partial charge in [0.25, 0.3) is 5.91 Å². The molecule has 0 fully saturated rings. The minimum Gasteiger partial charge on any atom is -0.487 e. The molecule has 0 saturated heterocycles. The predicted octanol–water partition coefficient (Wildman–Crippen LogP) is 6.16. The number of rotatable bonds is 5. The highest BCUT2D eigenvalue weighted by atomic mass is 35.5. The molecule has 0 aliphatic rings. The lowest BCUT2D eigenvalue weighted by molar-refractivity contribution is 0.103. The van der Waals surface area contributed by atoms with Gasteiger partial charge in [-0.3, -0.25) is 4.79 Å². The number of ether oxygens (including phenoxy) is 1. The topological polar surface area (TPSA) is 38.3 Å². The van der Waals surface area contributed by atoms with Gasteiger partial charge in [-0.25, -0.2) is 0 Å². The predicted molar refractivity (Wildman–Crippen MR) is 109 cm³/mol. The summed E-state index contributed by atoms with van der Waals surface area (Å²) in [6.45, 7) is 6.34. The third kappa shape index (κ3) is 4.26. The summed E-state index contributed by atoms with van der Waals surface area (Å²) in [5.41, 5.74) is 5.00. The van der Waals surface area contributed by atoms with E-state index in [1.807, 2.05) is 68.6 Å². The molecule has 0 aliphatic heterocycles. The number of benzene rings is 2. The number of halogens is 1. The Balaban J connectivity index is 1.67. The first kappa shape index (κ1) is 18.5. The monoisotopic (exact) mass is 385 g/mol. The van der Waals surface area contributed by atoms with Crippen LogP contribution < -0.4 is 10.1 Å². The SMILES string of the molecule is Cc1ccc(Cl)c(OCc2csc(C(=O)Nc3c(C)cccc3C)c2)c1. The van der Waals surface area contributed by atoms with Gasteiger partial charge in [-0.15, -0.1) is 11.3 Å². The van der Waals surface area contributed by atoms with Crippen LogP contribution >= 0.6 is 22.9 Å². The first-order valence-corrected chi connectivity index (χ1v) is 9.53. The van der Waals surface area contributed by atoms with E-state index in [9.17, 15) is 4.79 Å². The normalized spacial score (nSPS) is 10.6. The van der Waals surface area contributed by atoms with Crippen molar-refractivity contribution in [3.05, 3.63) is 80.0 Å². The van der Waals surface area contributed by atoms with E-state index < -0.39 is 0 Å². The highest BCUT2D eigenvalue weighted by molar-refractivity contribution is 7.12. The van der Waals surface area contributed by atoms with Crippen LogP contribution in [0.25, 0.3) is 0 Å². The Morgan fingerprint density at radius 1 is 1.12 bits per heavy atom. The van der Waals surface area contributed by atoms with Crippen LogP contribution in [-0.2, 0) is 6.61 Å². The molecule has 1 aromatic heterocycles. The number of carbonyl (C=O) groups excluding carboxylic acids is 1. The Morgan fingerprint density at radius 3 is 2.58 bits per heavy atom. The number of anilines is 1. The maximum atomic E-state index is 12.5. The molecule has 0 radical (unpaired) electrons. The largest absolute Gasteiger partial charge is 0.487 e. The van der Waals surface area contributed by atoms with Crippen LogP contribution in [-0.4, -0.2) is 5.91 Å². The fourth-order valence-corrected chi connectivity index (χ4v) is 3.60. The Bertz CT molecular complexity index is 929. The highest BCUT2D eigenvalue weighted by Gasteiger charge is 2.13. The zero-order valence-corrected chi connectivity index (χ0v) is 16.5. The van der Waals surface area contributed by atoms with Gasteiger partial charge in [0.1, 0.15) is 12.4 Å². The van der Waals surface area contributed by atoms with Crippen molar-refractivity contribution < 1.29 is 9.53 Å². The van der Waals surface area contributed by atoms with Crippen molar-refractivity contribution >= 4 is 34.5 Å². The second-order valence-electron chi connectivity index (χ2n) is 6.26. The van der Waals surface area contributed by atoms with Crippen LogP contribution in [0, 0.1) is 20.8 Å². The van der Waals surface area contributed by atoms with E-state index in [1.165, 1.54) is 11.3 Å². The average molecular weight is 386 g/mol. The zero-order chi connectivity index (χ0) is 18.7. The molecular weight excluding hydrogens is 366 g/mol. The minimum atomic E-state index is -0.104. The molecular formula is C21H20ClNO2S. The van der Waals surface area contributed by atoms with Gasteiger partial charge in [0.05, 0.1) is 9.90 Å². The van der Waals surface area contributed by atoms with Gasteiger partial charge in [0.2, 0.25) is 0 Å². The summed E-state index contributed by atoms with van der Waals surface area (Å²) in [6.07, 6.45) is 0. The third-order valence-electron chi connectivity index (χ3n) is 4.08. The van der Waals surface area contributed by atoms with Crippen LogP contribution in [0.4, 0.5) is 5.69 Å². The van der Waals surface area contributed by atoms with Gasteiger partial charge in [-0.1, -0.05) is 35.9 Å². The van der Waals surface area contributed by atoms with E-state index in [0.717, 1.165) is 27.9 Å². The highest BCUT2D eigenvalue weighted by Crippen LogP contribution is 2.27. The van der Waals surface area contributed by atoms with Crippen molar-refractivity contribution in [2.75, 3.05) is 5.32 Å². The Morgan fingerprint density at radius 2 is 1.85 bits per heavy atom. The molecule has 1 amide bonds. The van der Waals surface area contributed by atoms with Gasteiger partial charge < -0.3 is 10.1 Å². The van der Waals surface area contributed by atoms with Gasteiger partial charge in [-0.05, 0) is 61.0 Å². The molecule has 0 aliphatic carbocycles. The van der Waals surface area contributed by atoms with Crippen molar-refractivity contribution in [3.63, 3.8) is 0 Å². The second-order valence-corrected chi connectivity index (χ2v) is 7.58. The van der Waals surface area contributed by atoms with E-state index in [1.54, 1.807) is 0 Å². The first-order valence-electron chi connectivity index (χ1n) is 8.28. The van der Waals surface area contributed by atoms with Crippen molar-refractivity contribution in [2.45, 2.75) is 27.4 Å². The third-order valence-corrected chi connectivity index (χ3v) is 5.37. The number of nitrogens with one attached hydrogen (secondary N) is 1. The van der Waals surface area contributed by atoms with Gasteiger partial charge in [0, 0.05) is 11.3 Å². The molecule has 3 nitrogen and oxygen atoms in total. The Hall–Kier alpha value is -2.30. The molecule has 3 aromatic rings. The summed E-state index contributed by atoms with van der Waals surface area (Å²) in [7, 11) is 0. The van der Waals surface area contributed by atoms with E-state index in [2.05, 4.69) is 5.32 Å². The number of hydrogen-bond acceptors (Lipinski definition) is 3. The number of carbonyl (C=O) groups is 1. The first-order chi connectivity index (χ1) is 12.4. The lowest BCUT2D eigenvalue weighted by atomic mass is 10.1. The van der Waals surface area contributed by atoms with E-state index in [0.29, 0.717) is 22.3 Å². The van der Waals surface area contributed by atoms with E-state index in [-0.39, 0.29) is 5.91 Å². The van der Waals surface area contributed by atoms with Crippen LogP contribution in [0.3, 0.4) is 0 Å². The fraction of sp³-hybridized carbons (Fsp3) is 0.190. The molecule has 0 spiro atoms. The summed E-state index contributed by atoms with van der Waals surface area (Å²) in [6, 6.07) is 13.5. The molecule has 1 N–H and O–H groups in total. The summed E-state index contributed by atoms with van der Waals surface area (Å²) in [4.78, 5) is 13.2. The lowest BCUT2D eigenvalue weighted by Gasteiger charge is -2.10. The average Bonchev–Trinajstić information content (AvgIpc) is 3.08. The molecule has 3 rings (SSSR count). The molecule has 26 heavy (non-hydrogen) atoms. The van der Waals surface area contributed by atoms with Crippen LogP contribution in [0.5, 0.6) is 5.75 Å². The number of aryl methyl sites for hydroxylation is 3. The molecule has 5 heteroatoms. The van der Waals surface area contributed by atoms with E-state index >= 15 is 0 Å². The molecule has 0 unspecified atom stereocenters. The Labute approximate surface area is 162 Å². The van der Waals surface area contributed by atoms with E-state index in [4.69, 9.17) is 16.3 Å². The maximum absolute atomic E-state index is 12.5. The molecule has 134 valence electrons. The number of para-hydroxylation sites is 1. The van der Waals surface area contributed by atoms with Crippen molar-refractivity contribution in [2.24, 2.45) is 0 Å². The van der Waals surface area contributed by atoms with Gasteiger partial charge >= 0.3 is 0 Å². The summed E-state index contributed by atoms with van der Waals surface area (Å²) < 4.78 is 5.80. The van der Waals surface area contributed by atoms with Crippen LogP contribution in [0.15, 0.2) is 47.8 Å². The summed E-state index contributed by atoms with van der Waals surface area (Å²) in [5, 5.41) is 5.52. The van der Waals surface area contributed by atoms with Crippen LogP contribution in [0.2, 0.25) is 5.02 Å². The van der Waals surface area contributed by atoms with Crippen molar-refractivity contribution in [1.29, 1.82) is 0 Å². The summed E-state index contributed by atoms with van der Waals surface area (Å²) in [5.74, 6) is 0.548. The summed E-state index contributed by atoms with van der Waals surface area (Å²) >= 11 is 7.56. The smallest absolute Gasteiger partial charge is 0.265 e. The second kappa shape index (κ2) is 7.94. The molecule has 0 bridgehead atoms. The molecule has 0 atom stereocenters. The standard InChI is InChI=1S/C21H20ClNO2S/c1-13-7-8-17(22)18(9-13)25-11-16-10-19(26-12-16)21(24)23-20-14(2)5-4-6-15(20)3/h4-10,12H,11H2,1-3H3,(H,23,24). The number of thiophene rings is 1.